The summed E-state index contributed by atoms with van der Waals surface area (Å²) in [6, 6.07) is 7.06. The first-order chi connectivity index (χ1) is 9.60. The summed E-state index contributed by atoms with van der Waals surface area (Å²) in [6.45, 7) is 4.84. The van der Waals surface area contributed by atoms with Gasteiger partial charge in [0.15, 0.2) is 9.84 Å². The van der Waals surface area contributed by atoms with Gasteiger partial charge >= 0.3 is 0 Å². The third-order valence-corrected chi connectivity index (χ3v) is 5.20. The van der Waals surface area contributed by atoms with Crippen molar-refractivity contribution in [1.82, 2.24) is 0 Å². The van der Waals surface area contributed by atoms with Crippen LogP contribution in [0.4, 0.5) is 5.69 Å². The van der Waals surface area contributed by atoms with Gasteiger partial charge in [-0.15, -0.1) is 0 Å². The van der Waals surface area contributed by atoms with Gasteiger partial charge in [-0.2, -0.15) is 0 Å². The topological polar surface area (TPSA) is 46.2 Å². The Hall–Kier alpha value is -1.03. The van der Waals surface area contributed by atoms with E-state index in [4.69, 9.17) is 0 Å². The van der Waals surface area contributed by atoms with Crippen LogP contribution >= 0.6 is 0 Å². The maximum atomic E-state index is 11.7. The molecule has 0 atom stereocenters. The zero-order valence-corrected chi connectivity index (χ0v) is 13.5. The van der Waals surface area contributed by atoms with Crippen LogP contribution in [0.25, 0.3) is 0 Å². The van der Waals surface area contributed by atoms with Crippen molar-refractivity contribution in [2.24, 2.45) is 0 Å². The molecule has 1 aromatic carbocycles. The highest BCUT2D eigenvalue weighted by molar-refractivity contribution is 7.91. The maximum Gasteiger partial charge on any atom is 0.178 e. The fourth-order valence-corrected chi connectivity index (χ4v) is 2.97. The fourth-order valence-electron chi connectivity index (χ4n) is 2.08. The number of rotatable bonds is 10. The number of nitrogens with one attached hydrogen (secondary N) is 1. The van der Waals surface area contributed by atoms with Crippen molar-refractivity contribution in [2.75, 3.05) is 17.6 Å². The van der Waals surface area contributed by atoms with E-state index >= 15 is 0 Å². The average molecular weight is 297 g/mol. The van der Waals surface area contributed by atoms with E-state index in [1.807, 2.05) is 12.1 Å². The van der Waals surface area contributed by atoms with E-state index in [1.54, 1.807) is 19.1 Å². The minimum Gasteiger partial charge on any atom is -0.385 e. The van der Waals surface area contributed by atoms with E-state index in [2.05, 4.69) is 12.2 Å². The monoisotopic (exact) mass is 297 g/mol. The quantitative estimate of drug-likeness (QED) is 0.657. The molecule has 0 saturated heterocycles. The Morgan fingerprint density at radius 1 is 0.900 bits per heavy atom. The van der Waals surface area contributed by atoms with Gasteiger partial charge in [-0.05, 0) is 30.7 Å². The fraction of sp³-hybridized carbons (Fsp3) is 0.625. The van der Waals surface area contributed by atoms with Crippen molar-refractivity contribution in [3.63, 3.8) is 0 Å². The number of sulfone groups is 1. The number of hydrogen-bond donors (Lipinski definition) is 1. The van der Waals surface area contributed by atoms with Crippen LogP contribution < -0.4 is 5.32 Å². The van der Waals surface area contributed by atoms with E-state index < -0.39 is 9.84 Å². The molecular formula is C16H27NO2S. The Balaban J connectivity index is 2.29. The van der Waals surface area contributed by atoms with Crippen LogP contribution in [0, 0.1) is 0 Å². The van der Waals surface area contributed by atoms with Gasteiger partial charge in [-0.25, -0.2) is 8.42 Å². The zero-order valence-electron chi connectivity index (χ0n) is 12.7. The lowest BCUT2D eigenvalue weighted by Crippen LogP contribution is -2.05. The van der Waals surface area contributed by atoms with Crippen LogP contribution in [0.3, 0.4) is 0 Å². The van der Waals surface area contributed by atoms with E-state index in [0.717, 1.165) is 12.2 Å². The van der Waals surface area contributed by atoms with E-state index in [1.165, 1.54) is 38.5 Å². The lowest BCUT2D eigenvalue weighted by molar-refractivity contribution is 0.597. The van der Waals surface area contributed by atoms with Crippen molar-refractivity contribution >= 4 is 15.5 Å². The van der Waals surface area contributed by atoms with Crippen LogP contribution in [0.2, 0.25) is 0 Å². The summed E-state index contributed by atoms with van der Waals surface area (Å²) >= 11 is 0. The van der Waals surface area contributed by atoms with Crippen LogP contribution in [0.15, 0.2) is 29.2 Å². The molecule has 0 unspecified atom stereocenters. The Labute approximate surface area is 123 Å². The first-order valence-electron chi connectivity index (χ1n) is 7.67. The van der Waals surface area contributed by atoms with Gasteiger partial charge in [-0.1, -0.05) is 46.0 Å². The molecule has 1 rings (SSSR count). The summed E-state index contributed by atoms with van der Waals surface area (Å²) in [7, 11) is -3.08. The average Bonchev–Trinajstić information content (AvgIpc) is 2.47. The Kier molecular flexibility index (Phi) is 7.67. The number of unbranched alkanes of at least 4 members (excludes halogenated alkanes) is 5. The van der Waals surface area contributed by atoms with E-state index in [0.29, 0.717) is 4.90 Å². The van der Waals surface area contributed by atoms with Crippen LogP contribution in [0.1, 0.15) is 52.4 Å². The second kappa shape index (κ2) is 9.01. The SMILES string of the molecule is CCCCCCCCNc1ccc(S(=O)(=O)CC)cc1. The minimum atomic E-state index is -3.08. The molecule has 0 radical (unpaired) electrons. The Morgan fingerprint density at radius 2 is 1.50 bits per heavy atom. The van der Waals surface area contributed by atoms with Crippen molar-refractivity contribution in [3.05, 3.63) is 24.3 Å². The molecule has 1 N–H and O–H groups in total. The zero-order chi connectivity index (χ0) is 14.8. The molecule has 4 heteroatoms. The summed E-state index contributed by atoms with van der Waals surface area (Å²) in [5.41, 5.74) is 0.994. The minimum absolute atomic E-state index is 0.150. The van der Waals surface area contributed by atoms with Crippen molar-refractivity contribution in [3.8, 4) is 0 Å². The molecule has 0 amide bonds. The summed E-state index contributed by atoms with van der Waals surface area (Å²) in [6.07, 6.45) is 7.68. The molecule has 0 aliphatic heterocycles. The summed E-state index contributed by atoms with van der Waals surface area (Å²) in [5.74, 6) is 0.150. The first kappa shape index (κ1) is 17.0. The third-order valence-electron chi connectivity index (χ3n) is 3.45. The summed E-state index contributed by atoms with van der Waals surface area (Å²) < 4.78 is 23.4. The number of hydrogen-bond acceptors (Lipinski definition) is 3. The van der Waals surface area contributed by atoms with Gasteiger partial charge in [0, 0.05) is 12.2 Å². The molecular weight excluding hydrogens is 270 g/mol. The first-order valence-corrected chi connectivity index (χ1v) is 9.32. The van der Waals surface area contributed by atoms with E-state index in [9.17, 15) is 8.42 Å². The molecule has 0 aromatic heterocycles. The predicted octanol–water partition coefficient (Wildman–Crippen LogP) is 4.25. The lowest BCUT2D eigenvalue weighted by Gasteiger charge is -2.07. The van der Waals surface area contributed by atoms with Crippen molar-refractivity contribution < 1.29 is 8.42 Å². The third kappa shape index (κ3) is 5.95. The largest absolute Gasteiger partial charge is 0.385 e. The smallest absolute Gasteiger partial charge is 0.178 e. The number of benzene rings is 1. The molecule has 114 valence electrons. The highest BCUT2D eigenvalue weighted by atomic mass is 32.2. The summed E-state index contributed by atoms with van der Waals surface area (Å²) in [4.78, 5) is 0.408. The maximum absolute atomic E-state index is 11.7. The molecule has 0 heterocycles. The molecule has 1 aromatic rings. The second-order valence-electron chi connectivity index (χ2n) is 5.12. The molecule has 3 nitrogen and oxygen atoms in total. The van der Waals surface area contributed by atoms with E-state index in [-0.39, 0.29) is 5.75 Å². The Bertz CT molecular complexity index is 466. The molecule has 0 aliphatic rings. The molecule has 0 fully saturated rings. The highest BCUT2D eigenvalue weighted by Crippen LogP contribution is 2.15. The molecule has 0 saturated carbocycles. The van der Waals surface area contributed by atoms with Crippen LogP contribution in [-0.4, -0.2) is 20.7 Å². The second-order valence-corrected chi connectivity index (χ2v) is 7.40. The molecule has 0 bridgehead atoms. The van der Waals surface area contributed by atoms with Gasteiger partial charge in [0.05, 0.1) is 10.6 Å². The van der Waals surface area contributed by atoms with Gasteiger partial charge in [-0.3, -0.25) is 0 Å². The molecule has 0 aliphatic carbocycles. The predicted molar refractivity (Wildman–Crippen MR) is 86.0 cm³/mol. The van der Waals surface area contributed by atoms with Crippen molar-refractivity contribution in [2.45, 2.75) is 57.3 Å². The van der Waals surface area contributed by atoms with Crippen LogP contribution in [0.5, 0.6) is 0 Å². The number of anilines is 1. The van der Waals surface area contributed by atoms with Gasteiger partial charge < -0.3 is 5.32 Å². The molecule has 0 spiro atoms. The van der Waals surface area contributed by atoms with Gasteiger partial charge in [0.2, 0.25) is 0 Å². The Morgan fingerprint density at radius 3 is 2.10 bits per heavy atom. The summed E-state index contributed by atoms with van der Waals surface area (Å²) in [5, 5.41) is 3.34. The molecule has 20 heavy (non-hydrogen) atoms. The lowest BCUT2D eigenvalue weighted by atomic mass is 10.1. The van der Waals surface area contributed by atoms with Crippen LogP contribution in [-0.2, 0) is 9.84 Å². The highest BCUT2D eigenvalue weighted by Gasteiger charge is 2.10. The van der Waals surface area contributed by atoms with Crippen molar-refractivity contribution in [1.29, 1.82) is 0 Å². The standard InChI is InChI=1S/C16H27NO2S/c1-3-5-6-7-8-9-14-17-15-10-12-16(13-11-15)20(18,19)4-2/h10-13,17H,3-9,14H2,1-2H3. The normalized spacial score (nSPS) is 11.5. The van der Waals surface area contributed by atoms with Gasteiger partial charge in [0.25, 0.3) is 0 Å². The van der Waals surface area contributed by atoms with Gasteiger partial charge in [0.1, 0.15) is 0 Å².